The molecule has 6 heteroatoms. The normalized spacial score (nSPS) is 20.6. The van der Waals surface area contributed by atoms with Crippen molar-refractivity contribution in [1.82, 2.24) is 0 Å². The van der Waals surface area contributed by atoms with Crippen LogP contribution in [0.5, 0.6) is 0 Å². The van der Waals surface area contributed by atoms with Crippen LogP contribution in [-0.4, -0.2) is 36.8 Å². The van der Waals surface area contributed by atoms with Crippen LogP contribution in [0.2, 0.25) is 5.02 Å². The summed E-state index contributed by atoms with van der Waals surface area (Å²) < 4.78 is 5.49. The van der Waals surface area contributed by atoms with Crippen LogP contribution in [0.15, 0.2) is 23.4 Å². The SMILES string of the molecule is CCC1COCCN1c1ccc(C(N)=NO)c(Cl)c1. The fourth-order valence-electron chi connectivity index (χ4n) is 2.28. The van der Waals surface area contributed by atoms with Gasteiger partial charge in [-0.25, -0.2) is 0 Å². The molecule has 1 aliphatic rings. The highest BCUT2D eigenvalue weighted by molar-refractivity contribution is 6.34. The van der Waals surface area contributed by atoms with Crippen molar-refractivity contribution >= 4 is 23.1 Å². The Kier molecular flexibility index (Phi) is 4.50. The Labute approximate surface area is 117 Å². The molecule has 0 radical (unpaired) electrons. The second kappa shape index (κ2) is 6.12. The van der Waals surface area contributed by atoms with E-state index in [-0.39, 0.29) is 5.84 Å². The fourth-order valence-corrected chi connectivity index (χ4v) is 2.55. The van der Waals surface area contributed by atoms with Crippen molar-refractivity contribution < 1.29 is 9.94 Å². The van der Waals surface area contributed by atoms with Gasteiger partial charge >= 0.3 is 0 Å². The molecule has 104 valence electrons. The molecule has 0 spiro atoms. The number of rotatable bonds is 3. The van der Waals surface area contributed by atoms with E-state index in [0.29, 0.717) is 16.6 Å². The minimum Gasteiger partial charge on any atom is -0.409 e. The molecule has 0 aromatic heterocycles. The minimum absolute atomic E-state index is 0.0190. The Morgan fingerprint density at radius 3 is 3.05 bits per heavy atom. The minimum atomic E-state index is 0.0190. The van der Waals surface area contributed by atoms with Crippen LogP contribution in [0.3, 0.4) is 0 Å². The molecule has 3 N–H and O–H groups in total. The Balaban J connectivity index is 2.28. The Morgan fingerprint density at radius 1 is 1.63 bits per heavy atom. The molecule has 1 aromatic rings. The van der Waals surface area contributed by atoms with Crippen molar-refractivity contribution in [3.05, 3.63) is 28.8 Å². The monoisotopic (exact) mass is 283 g/mol. The zero-order valence-electron chi connectivity index (χ0n) is 10.8. The molecule has 19 heavy (non-hydrogen) atoms. The fraction of sp³-hybridized carbons (Fsp3) is 0.462. The van der Waals surface area contributed by atoms with Crippen molar-refractivity contribution in [2.45, 2.75) is 19.4 Å². The van der Waals surface area contributed by atoms with Gasteiger partial charge in [0.05, 0.1) is 24.3 Å². The summed E-state index contributed by atoms with van der Waals surface area (Å²) in [4.78, 5) is 2.28. The number of halogens is 1. The van der Waals surface area contributed by atoms with E-state index in [0.717, 1.165) is 31.9 Å². The first-order valence-electron chi connectivity index (χ1n) is 6.29. The zero-order chi connectivity index (χ0) is 13.8. The highest BCUT2D eigenvalue weighted by atomic mass is 35.5. The number of anilines is 1. The van der Waals surface area contributed by atoms with Crippen molar-refractivity contribution in [2.75, 3.05) is 24.7 Å². The number of hydrogen-bond acceptors (Lipinski definition) is 4. The van der Waals surface area contributed by atoms with Gasteiger partial charge in [0.1, 0.15) is 0 Å². The summed E-state index contributed by atoms with van der Waals surface area (Å²) in [6, 6.07) is 5.92. The van der Waals surface area contributed by atoms with E-state index in [1.165, 1.54) is 0 Å². The molecular formula is C13H18ClN3O2. The lowest BCUT2D eigenvalue weighted by Crippen LogP contribution is -2.45. The first kappa shape index (κ1) is 14.0. The molecule has 1 aromatic carbocycles. The second-order valence-corrected chi connectivity index (χ2v) is 4.89. The summed E-state index contributed by atoms with van der Waals surface area (Å²) in [5, 5.41) is 12.1. The maximum atomic E-state index is 8.69. The molecule has 1 atom stereocenters. The molecule has 1 fully saturated rings. The molecule has 0 bridgehead atoms. The van der Waals surface area contributed by atoms with Gasteiger partial charge in [-0.3, -0.25) is 0 Å². The Morgan fingerprint density at radius 2 is 2.42 bits per heavy atom. The summed E-state index contributed by atoms with van der Waals surface area (Å²) in [6.07, 6.45) is 1.01. The van der Waals surface area contributed by atoms with Crippen LogP contribution in [0, 0.1) is 0 Å². The van der Waals surface area contributed by atoms with E-state index >= 15 is 0 Å². The quantitative estimate of drug-likeness (QED) is 0.385. The number of benzene rings is 1. The molecule has 5 nitrogen and oxygen atoms in total. The van der Waals surface area contributed by atoms with E-state index < -0.39 is 0 Å². The molecule has 0 aliphatic carbocycles. The van der Waals surface area contributed by atoms with Crippen molar-refractivity contribution in [2.24, 2.45) is 10.9 Å². The Hall–Kier alpha value is -1.46. The molecule has 0 amide bonds. The summed E-state index contributed by atoms with van der Waals surface area (Å²) in [5.41, 5.74) is 7.13. The average Bonchev–Trinajstić information content (AvgIpc) is 2.46. The van der Waals surface area contributed by atoms with Crippen LogP contribution in [0.25, 0.3) is 0 Å². The average molecular weight is 284 g/mol. The van der Waals surface area contributed by atoms with Crippen LogP contribution >= 0.6 is 11.6 Å². The van der Waals surface area contributed by atoms with E-state index in [1.807, 2.05) is 12.1 Å². The number of hydrogen-bond donors (Lipinski definition) is 2. The maximum absolute atomic E-state index is 8.69. The van der Waals surface area contributed by atoms with Gasteiger partial charge in [-0.15, -0.1) is 0 Å². The first-order chi connectivity index (χ1) is 9.17. The second-order valence-electron chi connectivity index (χ2n) is 4.48. The third kappa shape index (κ3) is 2.93. The lowest BCUT2D eigenvalue weighted by molar-refractivity contribution is 0.0930. The van der Waals surface area contributed by atoms with Crippen LogP contribution in [-0.2, 0) is 4.74 Å². The lowest BCUT2D eigenvalue weighted by Gasteiger charge is -2.37. The van der Waals surface area contributed by atoms with Crippen molar-refractivity contribution in [3.8, 4) is 0 Å². The topological polar surface area (TPSA) is 71.1 Å². The summed E-state index contributed by atoms with van der Waals surface area (Å²) in [7, 11) is 0. The smallest absolute Gasteiger partial charge is 0.171 e. The third-order valence-corrected chi connectivity index (χ3v) is 3.68. The molecule has 1 saturated heterocycles. The van der Waals surface area contributed by atoms with E-state index in [2.05, 4.69) is 17.0 Å². The van der Waals surface area contributed by atoms with E-state index in [4.69, 9.17) is 27.3 Å². The number of oxime groups is 1. The summed E-state index contributed by atoms with van der Waals surface area (Å²) >= 11 is 6.18. The first-order valence-corrected chi connectivity index (χ1v) is 6.67. The van der Waals surface area contributed by atoms with Crippen LogP contribution in [0.1, 0.15) is 18.9 Å². The van der Waals surface area contributed by atoms with Gasteiger partial charge in [0, 0.05) is 17.8 Å². The molecular weight excluding hydrogens is 266 g/mol. The van der Waals surface area contributed by atoms with Gasteiger partial charge in [-0.1, -0.05) is 23.7 Å². The van der Waals surface area contributed by atoms with Crippen molar-refractivity contribution in [1.29, 1.82) is 0 Å². The van der Waals surface area contributed by atoms with Gasteiger partial charge in [0.15, 0.2) is 5.84 Å². The summed E-state index contributed by atoms with van der Waals surface area (Å²) in [5.74, 6) is 0.0190. The van der Waals surface area contributed by atoms with E-state index in [1.54, 1.807) is 6.07 Å². The standard InChI is InChI=1S/C13H18ClN3O2/c1-2-9-8-19-6-5-17(9)10-3-4-11(12(14)7-10)13(15)16-18/h3-4,7,9,18H,2,5-6,8H2,1H3,(H2,15,16). The number of nitrogens with zero attached hydrogens (tertiary/aromatic N) is 2. The van der Waals surface area contributed by atoms with Crippen molar-refractivity contribution in [3.63, 3.8) is 0 Å². The highest BCUT2D eigenvalue weighted by Crippen LogP contribution is 2.27. The maximum Gasteiger partial charge on any atom is 0.171 e. The number of nitrogens with two attached hydrogens (primary N) is 1. The van der Waals surface area contributed by atoms with E-state index in [9.17, 15) is 0 Å². The highest BCUT2D eigenvalue weighted by Gasteiger charge is 2.22. The largest absolute Gasteiger partial charge is 0.409 e. The predicted octanol–water partition coefficient (Wildman–Crippen LogP) is 2.05. The molecule has 1 unspecified atom stereocenters. The summed E-state index contributed by atoms with van der Waals surface area (Å²) in [6.45, 7) is 4.43. The number of amidine groups is 1. The lowest BCUT2D eigenvalue weighted by atomic mass is 10.1. The van der Waals surface area contributed by atoms with Crippen LogP contribution < -0.4 is 10.6 Å². The molecule has 0 saturated carbocycles. The number of ether oxygens (including phenoxy) is 1. The van der Waals surface area contributed by atoms with Gasteiger partial charge < -0.3 is 20.6 Å². The number of morpholine rings is 1. The van der Waals surface area contributed by atoms with Gasteiger partial charge in [-0.2, -0.15) is 0 Å². The predicted molar refractivity (Wildman–Crippen MR) is 76.2 cm³/mol. The third-order valence-electron chi connectivity index (χ3n) is 3.37. The van der Waals surface area contributed by atoms with Gasteiger partial charge in [0.25, 0.3) is 0 Å². The zero-order valence-corrected chi connectivity index (χ0v) is 11.6. The molecule has 2 rings (SSSR count). The molecule has 1 heterocycles. The molecule has 1 aliphatic heterocycles. The van der Waals surface area contributed by atoms with Gasteiger partial charge in [0.2, 0.25) is 0 Å². The Bertz CT molecular complexity index is 479. The van der Waals surface area contributed by atoms with Crippen LogP contribution in [0.4, 0.5) is 5.69 Å². The van der Waals surface area contributed by atoms with Gasteiger partial charge in [-0.05, 0) is 24.6 Å².